The third-order valence-electron chi connectivity index (χ3n) is 3.76. The molecule has 0 fully saturated rings. The van der Waals surface area contributed by atoms with E-state index in [0.29, 0.717) is 17.1 Å². The SMILES string of the molecule is CC(Cn1cc(Br)cn1)C(=O)Nc1nn(Cc2ccccc2F)cc1Cl. The summed E-state index contributed by atoms with van der Waals surface area (Å²) in [6.45, 7) is 2.43. The lowest BCUT2D eigenvalue weighted by atomic mass is 10.1. The fourth-order valence-electron chi connectivity index (χ4n) is 2.41. The lowest BCUT2D eigenvalue weighted by molar-refractivity contribution is -0.119. The van der Waals surface area contributed by atoms with E-state index in [9.17, 15) is 9.18 Å². The van der Waals surface area contributed by atoms with Crippen LogP contribution in [0.5, 0.6) is 0 Å². The fourth-order valence-corrected chi connectivity index (χ4v) is 2.93. The van der Waals surface area contributed by atoms with Gasteiger partial charge in [-0.25, -0.2) is 4.39 Å². The molecule has 26 heavy (non-hydrogen) atoms. The number of nitrogens with zero attached hydrogens (tertiary/aromatic N) is 4. The van der Waals surface area contributed by atoms with Crippen LogP contribution in [0.15, 0.2) is 47.3 Å². The summed E-state index contributed by atoms with van der Waals surface area (Å²) in [5, 5.41) is 11.4. The molecule has 1 atom stereocenters. The molecule has 0 radical (unpaired) electrons. The first kappa shape index (κ1) is 18.6. The van der Waals surface area contributed by atoms with E-state index in [-0.39, 0.29) is 30.0 Å². The average Bonchev–Trinajstić information content (AvgIpc) is 3.15. The van der Waals surface area contributed by atoms with Crippen LogP contribution in [0.3, 0.4) is 0 Å². The van der Waals surface area contributed by atoms with E-state index in [1.807, 2.05) is 0 Å². The van der Waals surface area contributed by atoms with Crippen LogP contribution in [-0.2, 0) is 17.9 Å². The fraction of sp³-hybridized carbons (Fsp3) is 0.235. The van der Waals surface area contributed by atoms with Crippen LogP contribution in [0.2, 0.25) is 5.02 Å². The largest absolute Gasteiger partial charge is 0.308 e. The van der Waals surface area contributed by atoms with Crippen molar-refractivity contribution in [1.82, 2.24) is 19.6 Å². The second-order valence-electron chi connectivity index (χ2n) is 5.89. The van der Waals surface area contributed by atoms with Crippen molar-refractivity contribution in [1.29, 1.82) is 0 Å². The van der Waals surface area contributed by atoms with E-state index >= 15 is 0 Å². The zero-order chi connectivity index (χ0) is 18.7. The van der Waals surface area contributed by atoms with E-state index in [1.54, 1.807) is 48.4 Å². The third-order valence-corrected chi connectivity index (χ3v) is 4.45. The van der Waals surface area contributed by atoms with Gasteiger partial charge in [-0.3, -0.25) is 14.2 Å². The highest BCUT2D eigenvalue weighted by atomic mass is 79.9. The maximum atomic E-state index is 13.8. The van der Waals surface area contributed by atoms with Crippen LogP contribution in [-0.4, -0.2) is 25.5 Å². The summed E-state index contributed by atoms with van der Waals surface area (Å²) in [6.07, 6.45) is 5.00. The molecule has 0 bridgehead atoms. The van der Waals surface area contributed by atoms with Gasteiger partial charge in [0.15, 0.2) is 5.82 Å². The number of rotatable bonds is 6. The molecule has 2 heterocycles. The number of hydrogen-bond acceptors (Lipinski definition) is 3. The Morgan fingerprint density at radius 1 is 1.35 bits per heavy atom. The van der Waals surface area contributed by atoms with Gasteiger partial charge < -0.3 is 5.32 Å². The normalized spacial score (nSPS) is 12.2. The van der Waals surface area contributed by atoms with Gasteiger partial charge in [0, 0.05) is 18.0 Å². The van der Waals surface area contributed by atoms with Crippen molar-refractivity contribution < 1.29 is 9.18 Å². The summed E-state index contributed by atoms with van der Waals surface area (Å²) >= 11 is 9.46. The summed E-state index contributed by atoms with van der Waals surface area (Å²) < 4.78 is 17.8. The summed E-state index contributed by atoms with van der Waals surface area (Å²) in [6, 6.07) is 6.44. The molecule has 0 spiro atoms. The molecule has 0 aliphatic heterocycles. The highest BCUT2D eigenvalue weighted by Crippen LogP contribution is 2.21. The molecule has 0 saturated heterocycles. The molecule has 136 valence electrons. The van der Waals surface area contributed by atoms with E-state index in [4.69, 9.17) is 11.6 Å². The van der Waals surface area contributed by atoms with Crippen LogP contribution >= 0.6 is 27.5 Å². The predicted molar refractivity (Wildman–Crippen MR) is 100 cm³/mol. The predicted octanol–water partition coefficient (Wildman–Crippen LogP) is 3.96. The molecule has 2 aromatic heterocycles. The number of nitrogens with one attached hydrogen (secondary N) is 1. The van der Waals surface area contributed by atoms with Crippen molar-refractivity contribution in [3.63, 3.8) is 0 Å². The third kappa shape index (κ3) is 4.50. The quantitative estimate of drug-likeness (QED) is 0.631. The minimum absolute atomic E-state index is 0.221. The van der Waals surface area contributed by atoms with Gasteiger partial charge in [0.25, 0.3) is 0 Å². The average molecular weight is 441 g/mol. The van der Waals surface area contributed by atoms with Gasteiger partial charge in [0.05, 0.1) is 29.7 Å². The van der Waals surface area contributed by atoms with Gasteiger partial charge in [-0.05, 0) is 22.0 Å². The summed E-state index contributed by atoms with van der Waals surface area (Å²) in [5.74, 6) is -0.630. The van der Waals surface area contributed by atoms with Gasteiger partial charge in [-0.15, -0.1) is 0 Å². The molecule has 0 aliphatic rings. The van der Waals surface area contributed by atoms with Gasteiger partial charge in [-0.2, -0.15) is 10.2 Å². The van der Waals surface area contributed by atoms with Gasteiger partial charge in [-0.1, -0.05) is 36.7 Å². The zero-order valence-electron chi connectivity index (χ0n) is 13.9. The summed E-state index contributed by atoms with van der Waals surface area (Å²) in [4.78, 5) is 12.4. The Balaban J connectivity index is 1.65. The first-order chi connectivity index (χ1) is 12.4. The van der Waals surface area contributed by atoms with E-state index in [0.717, 1.165) is 4.47 Å². The van der Waals surface area contributed by atoms with Gasteiger partial charge >= 0.3 is 0 Å². The molecular weight excluding hydrogens is 425 g/mol. The smallest absolute Gasteiger partial charge is 0.230 e. The first-order valence-corrected chi connectivity index (χ1v) is 9.04. The minimum Gasteiger partial charge on any atom is -0.308 e. The summed E-state index contributed by atoms with van der Waals surface area (Å²) in [7, 11) is 0. The molecule has 3 rings (SSSR count). The number of halogens is 3. The number of anilines is 1. The van der Waals surface area contributed by atoms with Crippen molar-refractivity contribution in [2.45, 2.75) is 20.0 Å². The molecule has 1 N–H and O–H groups in total. The molecule has 1 aromatic carbocycles. The molecule has 1 unspecified atom stereocenters. The van der Waals surface area contributed by atoms with Crippen molar-refractivity contribution in [2.75, 3.05) is 5.32 Å². The Hall–Kier alpha value is -2.19. The number of aromatic nitrogens is 4. The molecule has 0 aliphatic carbocycles. The highest BCUT2D eigenvalue weighted by Gasteiger charge is 2.18. The number of amides is 1. The molecule has 1 amide bonds. The second kappa shape index (κ2) is 8.01. The molecule has 9 heteroatoms. The van der Waals surface area contributed by atoms with E-state index < -0.39 is 0 Å². The number of carbonyl (C=O) groups excluding carboxylic acids is 1. The second-order valence-corrected chi connectivity index (χ2v) is 7.21. The standard InChI is InChI=1S/C17H16BrClFN5O/c1-11(7-24-9-13(18)6-21-24)17(26)22-16-14(19)10-25(23-16)8-12-4-2-3-5-15(12)20/h2-6,9-11H,7-8H2,1H3,(H,22,23,26). The zero-order valence-corrected chi connectivity index (χ0v) is 16.2. The Bertz CT molecular complexity index is 926. The van der Waals surface area contributed by atoms with Crippen LogP contribution in [0.4, 0.5) is 10.2 Å². The van der Waals surface area contributed by atoms with E-state index in [2.05, 4.69) is 31.4 Å². The van der Waals surface area contributed by atoms with E-state index in [1.165, 1.54) is 10.7 Å². The number of benzene rings is 1. The monoisotopic (exact) mass is 439 g/mol. The Kier molecular flexibility index (Phi) is 5.73. The lowest BCUT2D eigenvalue weighted by Gasteiger charge is -2.11. The Morgan fingerprint density at radius 2 is 2.12 bits per heavy atom. The van der Waals surface area contributed by atoms with Crippen LogP contribution in [0, 0.1) is 11.7 Å². The van der Waals surface area contributed by atoms with Crippen molar-refractivity contribution in [2.24, 2.45) is 5.92 Å². The van der Waals surface area contributed by atoms with Crippen molar-refractivity contribution in [3.05, 3.63) is 63.7 Å². The molecule has 0 saturated carbocycles. The Labute approximate surface area is 163 Å². The van der Waals surface area contributed by atoms with Gasteiger partial charge in [0.1, 0.15) is 10.8 Å². The molecule has 6 nitrogen and oxygen atoms in total. The van der Waals surface area contributed by atoms with Crippen LogP contribution < -0.4 is 5.32 Å². The van der Waals surface area contributed by atoms with Crippen LogP contribution in [0.1, 0.15) is 12.5 Å². The van der Waals surface area contributed by atoms with Crippen LogP contribution in [0.25, 0.3) is 0 Å². The number of hydrogen-bond donors (Lipinski definition) is 1. The minimum atomic E-state index is -0.338. The van der Waals surface area contributed by atoms with Crippen molar-refractivity contribution >= 4 is 39.3 Å². The van der Waals surface area contributed by atoms with Crippen molar-refractivity contribution in [3.8, 4) is 0 Å². The molecule has 3 aromatic rings. The maximum Gasteiger partial charge on any atom is 0.230 e. The maximum absolute atomic E-state index is 13.8. The Morgan fingerprint density at radius 3 is 2.81 bits per heavy atom. The van der Waals surface area contributed by atoms with Gasteiger partial charge in [0.2, 0.25) is 5.91 Å². The number of carbonyl (C=O) groups is 1. The molecular formula is C17H16BrClFN5O. The summed E-state index contributed by atoms with van der Waals surface area (Å²) in [5.41, 5.74) is 0.488. The first-order valence-electron chi connectivity index (χ1n) is 7.87. The topological polar surface area (TPSA) is 64.7 Å². The highest BCUT2D eigenvalue weighted by molar-refractivity contribution is 9.10. The lowest BCUT2D eigenvalue weighted by Crippen LogP contribution is -2.25.